The van der Waals surface area contributed by atoms with Gasteiger partial charge in [-0.3, -0.25) is 0 Å². The summed E-state index contributed by atoms with van der Waals surface area (Å²) in [5, 5.41) is 3.74. The van der Waals surface area contributed by atoms with E-state index in [1.54, 1.807) is 7.11 Å². The van der Waals surface area contributed by atoms with E-state index in [1.807, 2.05) is 6.07 Å². The Labute approximate surface area is 138 Å². The molecule has 0 aromatic heterocycles. The first kappa shape index (κ1) is 16.3. The highest BCUT2D eigenvalue weighted by Gasteiger charge is 2.20. The molecule has 0 bridgehead atoms. The molecule has 0 spiro atoms. The molecule has 2 unspecified atom stereocenters. The molecule has 20 heavy (non-hydrogen) atoms. The number of hydrogen-bond donors (Lipinski definition) is 1. The molecule has 2 nitrogen and oxygen atoms in total. The Kier molecular flexibility index (Phi) is 6.37. The van der Waals surface area contributed by atoms with Crippen molar-refractivity contribution in [2.45, 2.75) is 51.6 Å². The Hall–Kier alpha value is -0.0600. The smallest absolute Gasteiger partial charge is 0.137 e. The van der Waals surface area contributed by atoms with E-state index in [0.717, 1.165) is 27.2 Å². The molecule has 2 atom stereocenters. The van der Waals surface area contributed by atoms with Crippen molar-refractivity contribution in [1.82, 2.24) is 5.32 Å². The Morgan fingerprint density at radius 2 is 1.95 bits per heavy atom. The molecule has 0 aliphatic heterocycles. The molecule has 2 rings (SSSR count). The Morgan fingerprint density at radius 1 is 1.20 bits per heavy atom. The van der Waals surface area contributed by atoms with Crippen LogP contribution in [0.25, 0.3) is 0 Å². The van der Waals surface area contributed by atoms with E-state index in [2.05, 4.69) is 50.2 Å². The van der Waals surface area contributed by atoms with E-state index in [9.17, 15) is 0 Å². The van der Waals surface area contributed by atoms with Gasteiger partial charge in [-0.05, 0) is 46.8 Å². The summed E-state index contributed by atoms with van der Waals surface area (Å²) in [5.74, 6) is 1.70. The average Bonchev–Trinajstić information content (AvgIpc) is 2.60. The highest BCUT2D eigenvalue weighted by atomic mass is 79.9. The lowest BCUT2D eigenvalue weighted by Gasteiger charge is -2.23. The molecule has 112 valence electrons. The molecule has 1 fully saturated rings. The highest BCUT2D eigenvalue weighted by Crippen LogP contribution is 2.33. The fourth-order valence-electron chi connectivity index (χ4n) is 3.01. The van der Waals surface area contributed by atoms with E-state index in [1.165, 1.54) is 37.7 Å². The fraction of sp³-hybridized carbons (Fsp3) is 0.625. The molecule has 1 aliphatic rings. The number of benzene rings is 1. The normalized spacial score (nSPS) is 23.4. The summed E-state index contributed by atoms with van der Waals surface area (Å²) in [5.41, 5.74) is 1.20. The standard InChI is InChI=1S/C16H23Br2NO/c1-11-6-4-3-5-7-15(11)19-10-12-8-13(17)9-14(18)16(12)20-2/h8-9,11,15,19H,3-7,10H2,1-2H3. The van der Waals surface area contributed by atoms with Gasteiger partial charge >= 0.3 is 0 Å². The summed E-state index contributed by atoms with van der Waals surface area (Å²) < 4.78 is 7.59. The van der Waals surface area contributed by atoms with Gasteiger partial charge in [-0.25, -0.2) is 0 Å². The summed E-state index contributed by atoms with van der Waals surface area (Å²) in [4.78, 5) is 0. The maximum Gasteiger partial charge on any atom is 0.137 e. The number of ether oxygens (including phenoxy) is 1. The van der Waals surface area contributed by atoms with Gasteiger partial charge in [-0.2, -0.15) is 0 Å². The molecule has 0 heterocycles. The summed E-state index contributed by atoms with van der Waals surface area (Å²) in [6, 6.07) is 4.79. The lowest BCUT2D eigenvalue weighted by molar-refractivity contribution is 0.350. The highest BCUT2D eigenvalue weighted by molar-refractivity contribution is 9.11. The Balaban J connectivity index is 2.06. The van der Waals surface area contributed by atoms with Crippen molar-refractivity contribution in [1.29, 1.82) is 0 Å². The Morgan fingerprint density at radius 3 is 2.70 bits per heavy atom. The van der Waals surface area contributed by atoms with Crippen LogP contribution in [0.4, 0.5) is 0 Å². The number of hydrogen-bond acceptors (Lipinski definition) is 2. The second kappa shape index (κ2) is 7.81. The van der Waals surface area contributed by atoms with E-state index in [4.69, 9.17) is 4.74 Å². The van der Waals surface area contributed by atoms with E-state index in [-0.39, 0.29) is 0 Å². The molecular formula is C16H23Br2NO. The van der Waals surface area contributed by atoms with Crippen LogP contribution in [0.2, 0.25) is 0 Å². The van der Waals surface area contributed by atoms with E-state index < -0.39 is 0 Å². The van der Waals surface area contributed by atoms with Gasteiger partial charge in [0.1, 0.15) is 5.75 Å². The lowest BCUT2D eigenvalue weighted by atomic mass is 9.97. The van der Waals surface area contributed by atoms with Crippen molar-refractivity contribution in [3.8, 4) is 5.75 Å². The van der Waals surface area contributed by atoms with Gasteiger partial charge in [-0.1, -0.05) is 42.1 Å². The number of nitrogens with one attached hydrogen (secondary N) is 1. The van der Waals surface area contributed by atoms with Crippen molar-refractivity contribution in [2.24, 2.45) is 5.92 Å². The van der Waals surface area contributed by atoms with Crippen LogP contribution < -0.4 is 10.1 Å². The first-order valence-electron chi connectivity index (χ1n) is 7.37. The third-order valence-electron chi connectivity index (χ3n) is 4.21. The van der Waals surface area contributed by atoms with Crippen molar-refractivity contribution < 1.29 is 4.74 Å². The third-order valence-corrected chi connectivity index (χ3v) is 5.25. The molecule has 1 N–H and O–H groups in total. The molecule has 1 aliphatic carbocycles. The topological polar surface area (TPSA) is 21.3 Å². The summed E-state index contributed by atoms with van der Waals surface area (Å²) in [6.45, 7) is 3.23. The Bertz CT molecular complexity index is 450. The van der Waals surface area contributed by atoms with Crippen LogP contribution in [0.1, 0.15) is 44.6 Å². The van der Waals surface area contributed by atoms with Crippen LogP contribution in [0.5, 0.6) is 5.75 Å². The summed E-state index contributed by atoms with van der Waals surface area (Å²) in [6.07, 6.45) is 6.75. The summed E-state index contributed by atoms with van der Waals surface area (Å²) >= 11 is 7.12. The minimum atomic E-state index is 0.625. The SMILES string of the molecule is COc1c(Br)cc(Br)cc1CNC1CCCCCC1C. The molecule has 0 amide bonds. The van der Waals surface area contributed by atoms with Gasteiger partial charge in [0.2, 0.25) is 0 Å². The van der Waals surface area contributed by atoms with E-state index >= 15 is 0 Å². The van der Waals surface area contributed by atoms with Crippen LogP contribution in [-0.4, -0.2) is 13.2 Å². The zero-order chi connectivity index (χ0) is 14.5. The van der Waals surface area contributed by atoms with Crippen LogP contribution in [-0.2, 0) is 6.54 Å². The molecule has 0 saturated heterocycles. The minimum Gasteiger partial charge on any atom is -0.495 e. The number of halogens is 2. The zero-order valence-electron chi connectivity index (χ0n) is 12.2. The van der Waals surface area contributed by atoms with Crippen molar-refractivity contribution in [3.05, 3.63) is 26.6 Å². The zero-order valence-corrected chi connectivity index (χ0v) is 15.4. The fourth-order valence-corrected chi connectivity index (χ4v) is 4.49. The molecule has 1 aromatic rings. The van der Waals surface area contributed by atoms with Gasteiger partial charge in [0.15, 0.2) is 0 Å². The van der Waals surface area contributed by atoms with Crippen LogP contribution in [0, 0.1) is 5.92 Å². The van der Waals surface area contributed by atoms with Gasteiger partial charge in [0.25, 0.3) is 0 Å². The van der Waals surface area contributed by atoms with Gasteiger partial charge in [0, 0.05) is 22.6 Å². The maximum atomic E-state index is 5.51. The summed E-state index contributed by atoms with van der Waals surface area (Å²) in [7, 11) is 1.73. The molecule has 0 radical (unpaired) electrons. The maximum absolute atomic E-state index is 5.51. The second-order valence-electron chi connectivity index (χ2n) is 5.68. The van der Waals surface area contributed by atoms with E-state index in [0.29, 0.717) is 6.04 Å². The average molecular weight is 405 g/mol. The van der Waals surface area contributed by atoms with Gasteiger partial charge in [-0.15, -0.1) is 0 Å². The predicted octanol–water partition coefficient (Wildman–Crippen LogP) is 5.28. The van der Waals surface area contributed by atoms with Crippen molar-refractivity contribution in [3.63, 3.8) is 0 Å². The van der Waals surface area contributed by atoms with Crippen LogP contribution in [0.15, 0.2) is 21.1 Å². The van der Waals surface area contributed by atoms with Gasteiger partial charge < -0.3 is 10.1 Å². The molecule has 1 aromatic carbocycles. The molecule has 1 saturated carbocycles. The van der Waals surface area contributed by atoms with Crippen molar-refractivity contribution in [2.75, 3.05) is 7.11 Å². The minimum absolute atomic E-state index is 0.625. The van der Waals surface area contributed by atoms with Crippen LogP contribution in [0.3, 0.4) is 0 Å². The van der Waals surface area contributed by atoms with Crippen molar-refractivity contribution >= 4 is 31.9 Å². The van der Waals surface area contributed by atoms with Crippen LogP contribution >= 0.6 is 31.9 Å². The van der Waals surface area contributed by atoms with Gasteiger partial charge in [0.05, 0.1) is 11.6 Å². The molecular weight excluding hydrogens is 382 g/mol. The largest absolute Gasteiger partial charge is 0.495 e. The number of rotatable bonds is 4. The predicted molar refractivity (Wildman–Crippen MR) is 91.3 cm³/mol. The first-order valence-corrected chi connectivity index (χ1v) is 8.95. The third kappa shape index (κ3) is 4.22. The number of methoxy groups -OCH3 is 1. The molecule has 4 heteroatoms. The quantitative estimate of drug-likeness (QED) is 0.689. The lowest BCUT2D eigenvalue weighted by Crippen LogP contribution is -2.33. The second-order valence-corrected chi connectivity index (χ2v) is 7.45. The monoisotopic (exact) mass is 403 g/mol. The first-order chi connectivity index (χ1) is 9.61.